The summed E-state index contributed by atoms with van der Waals surface area (Å²) in [5.41, 5.74) is 8.14. The van der Waals surface area contributed by atoms with Gasteiger partial charge in [0.25, 0.3) is 5.91 Å². The number of benzene rings is 1. The highest BCUT2D eigenvalue weighted by Crippen LogP contribution is 2.04. The number of carbonyl (C=O) groups is 1. The minimum absolute atomic E-state index is 0.0789. The van der Waals surface area contributed by atoms with Crippen LogP contribution in [-0.2, 0) is 13.0 Å². The van der Waals surface area contributed by atoms with Gasteiger partial charge < -0.3 is 16.0 Å². The van der Waals surface area contributed by atoms with Crippen LogP contribution >= 0.6 is 0 Å². The van der Waals surface area contributed by atoms with Crippen molar-refractivity contribution in [1.29, 1.82) is 0 Å². The molecule has 94 valence electrons. The third-order valence-corrected chi connectivity index (χ3v) is 2.66. The van der Waals surface area contributed by atoms with Gasteiger partial charge in [-0.25, -0.2) is 4.98 Å². The van der Waals surface area contributed by atoms with Gasteiger partial charge in [-0.1, -0.05) is 12.1 Å². The number of amides is 1. The van der Waals surface area contributed by atoms with Crippen LogP contribution < -0.4 is 11.1 Å². The van der Waals surface area contributed by atoms with Gasteiger partial charge in [0.1, 0.15) is 0 Å². The van der Waals surface area contributed by atoms with E-state index in [1.165, 1.54) is 0 Å². The highest BCUT2D eigenvalue weighted by molar-refractivity contribution is 5.94. The summed E-state index contributed by atoms with van der Waals surface area (Å²) in [6.45, 7) is 1.02. The van der Waals surface area contributed by atoms with E-state index in [2.05, 4.69) is 15.3 Å². The van der Waals surface area contributed by atoms with Crippen molar-refractivity contribution in [3.05, 3.63) is 53.6 Å². The zero-order valence-electron chi connectivity index (χ0n) is 10.0. The Hall–Kier alpha value is -2.14. The number of rotatable bonds is 5. The summed E-state index contributed by atoms with van der Waals surface area (Å²) < 4.78 is 0. The molecule has 0 aliphatic rings. The van der Waals surface area contributed by atoms with E-state index in [-0.39, 0.29) is 5.91 Å². The molecule has 0 aliphatic heterocycles. The van der Waals surface area contributed by atoms with Gasteiger partial charge in [0.2, 0.25) is 0 Å². The molecule has 0 radical (unpaired) electrons. The number of hydrogen-bond donors (Lipinski definition) is 3. The van der Waals surface area contributed by atoms with E-state index in [0.29, 0.717) is 18.7 Å². The molecule has 0 atom stereocenters. The molecule has 0 spiro atoms. The van der Waals surface area contributed by atoms with Gasteiger partial charge in [-0.2, -0.15) is 0 Å². The minimum atomic E-state index is -0.0789. The summed E-state index contributed by atoms with van der Waals surface area (Å²) in [7, 11) is 0. The maximum absolute atomic E-state index is 11.9. The Morgan fingerprint density at radius 1 is 1.44 bits per heavy atom. The van der Waals surface area contributed by atoms with Crippen LogP contribution in [0.5, 0.6) is 0 Å². The van der Waals surface area contributed by atoms with Crippen LogP contribution in [0.1, 0.15) is 21.6 Å². The molecule has 0 fully saturated rings. The average molecular weight is 244 g/mol. The highest BCUT2D eigenvalue weighted by atomic mass is 16.1. The van der Waals surface area contributed by atoms with Crippen LogP contribution in [0.3, 0.4) is 0 Å². The van der Waals surface area contributed by atoms with E-state index in [1.54, 1.807) is 18.6 Å². The molecular weight excluding hydrogens is 228 g/mol. The second kappa shape index (κ2) is 5.97. The van der Waals surface area contributed by atoms with E-state index < -0.39 is 0 Å². The van der Waals surface area contributed by atoms with E-state index in [9.17, 15) is 4.79 Å². The molecule has 0 saturated heterocycles. The number of nitrogens with one attached hydrogen (secondary N) is 2. The average Bonchev–Trinajstić information content (AvgIpc) is 2.92. The SMILES string of the molecule is NCc1cccc(C(=O)NCCc2cnc[nH]2)c1. The second-order valence-corrected chi connectivity index (χ2v) is 3.99. The molecule has 2 aromatic rings. The molecule has 0 saturated carbocycles. The normalized spacial score (nSPS) is 10.3. The lowest BCUT2D eigenvalue weighted by Gasteiger charge is -2.05. The molecule has 0 unspecified atom stereocenters. The van der Waals surface area contributed by atoms with Crippen LogP contribution in [0.15, 0.2) is 36.8 Å². The standard InChI is InChI=1S/C13H16N4O/c14-7-10-2-1-3-11(6-10)13(18)16-5-4-12-8-15-9-17-12/h1-3,6,8-9H,4-5,7,14H2,(H,15,17)(H,16,18). The van der Waals surface area contributed by atoms with E-state index in [4.69, 9.17) is 5.73 Å². The molecule has 5 nitrogen and oxygen atoms in total. The summed E-state index contributed by atoms with van der Waals surface area (Å²) in [5, 5.41) is 2.86. The predicted molar refractivity (Wildman–Crippen MR) is 69.0 cm³/mol. The molecule has 1 heterocycles. The van der Waals surface area contributed by atoms with Crippen molar-refractivity contribution in [2.75, 3.05) is 6.54 Å². The van der Waals surface area contributed by atoms with Gasteiger partial charge in [-0.05, 0) is 17.7 Å². The van der Waals surface area contributed by atoms with Crippen LogP contribution in [0.25, 0.3) is 0 Å². The summed E-state index contributed by atoms with van der Waals surface area (Å²) >= 11 is 0. The first-order valence-corrected chi connectivity index (χ1v) is 5.84. The first-order valence-electron chi connectivity index (χ1n) is 5.84. The van der Waals surface area contributed by atoms with Crippen molar-refractivity contribution in [2.45, 2.75) is 13.0 Å². The van der Waals surface area contributed by atoms with Crippen LogP contribution in [0.2, 0.25) is 0 Å². The monoisotopic (exact) mass is 244 g/mol. The van der Waals surface area contributed by atoms with Crippen molar-refractivity contribution >= 4 is 5.91 Å². The van der Waals surface area contributed by atoms with Gasteiger partial charge >= 0.3 is 0 Å². The zero-order chi connectivity index (χ0) is 12.8. The number of nitrogens with zero attached hydrogens (tertiary/aromatic N) is 1. The molecule has 4 N–H and O–H groups in total. The molecule has 1 aromatic carbocycles. The van der Waals surface area contributed by atoms with Gasteiger partial charge in [0, 0.05) is 37.0 Å². The smallest absolute Gasteiger partial charge is 0.251 e. The van der Waals surface area contributed by atoms with Crippen molar-refractivity contribution < 1.29 is 4.79 Å². The molecular formula is C13H16N4O. The number of aromatic amines is 1. The van der Waals surface area contributed by atoms with Crippen molar-refractivity contribution in [2.24, 2.45) is 5.73 Å². The van der Waals surface area contributed by atoms with E-state index >= 15 is 0 Å². The summed E-state index contributed by atoms with van der Waals surface area (Å²) in [6, 6.07) is 7.34. The quantitative estimate of drug-likeness (QED) is 0.728. The molecule has 1 amide bonds. The van der Waals surface area contributed by atoms with E-state index in [1.807, 2.05) is 18.2 Å². The van der Waals surface area contributed by atoms with Crippen molar-refractivity contribution in [1.82, 2.24) is 15.3 Å². The number of H-pyrrole nitrogens is 1. The Morgan fingerprint density at radius 3 is 3.06 bits per heavy atom. The highest BCUT2D eigenvalue weighted by Gasteiger charge is 2.05. The fourth-order valence-corrected chi connectivity index (χ4v) is 1.67. The minimum Gasteiger partial charge on any atom is -0.352 e. The van der Waals surface area contributed by atoms with Gasteiger partial charge in [-0.3, -0.25) is 4.79 Å². The third kappa shape index (κ3) is 3.18. The Balaban J connectivity index is 1.87. The Bertz CT molecular complexity index is 507. The van der Waals surface area contributed by atoms with Crippen molar-refractivity contribution in [3.63, 3.8) is 0 Å². The topological polar surface area (TPSA) is 83.8 Å². The first kappa shape index (κ1) is 12.3. The van der Waals surface area contributed by atoms with Crippen LogP contribution in [0.4, 0.5) is 0 Å². The maximum Gasteiger partial charge on any atom is 0.251 e. The molecule has 18 heavy (non-hydrogen) atoms. The molecule has 1 aromatic heterocycles. The first-order chi connectivity index (χ1) is 8.79. The Kier molecular flexibility index (Phi) is 4.09. The fraction of sp³-hybridized carbons (Fsp3) is 0.231. The summed E-state index contributed by atoms with van der Waals surface area (Å²) in [5.74, 6) is -0.0789. The van der Waals surface area contributed by atoms with Gasteiger partial charge in [0.15, 0.2) is 0 Å². The van der Waals surface area contributed by atoms with Crippen LogP contribution in [-0.4, -0.2) is 22.4 Å². The zero-order valence-corrected chi connectivity index (χ0v) is 10.0. The second-order valence-electron chi connectivity index (χ2n) is 3.99. The number of aromatic nitrogens is 2. The molecule has 5 heteroatoms. The van der Waals surface area contributed by atoms with Gasteiger partial charge in [-0.15, -0.1) is 0 Å². The summed E-state index contributed by atoms with van der Waals surface area (Å²) in [4.78, 5) is 18.8. The lowest BCUT2D eigenvalue weighted by Crippen LogP contribution is -2.25. The Morgan fingerprint density at radius 2 is 2.33 bits per heavy atom. The number of hydrogen-bond acceptors (Lipinski definition) is 3. The Labute approximate surface area is 105 Å². The molecule has 0 aliphatic carbocycles. The third-order valence-electron chi connectivity index (χ3n) is 2.66. The molecule has 2 rings (SSSR count). The molecule has 0 bridgehead atoms. The maximum atomic E-state index is 11.9. The number of carbonyl (C=O) groups excluding carboxylic acids is 1. The number of nitrogens with two attached hydrogens (primary N) is 1. The fourth-order valence-electron chi connectivity index (χ4n) is 1.67. The van der Waals surface area contributed by atoms with Crippen molar-refractivity contribution in [3.8, 4) is 0 Å². The summed E-state index contributed by atoms with van der Waals surface area (Å²) in [6.07, 6.45) is 4.12. The number of imidazole rings is 1. The van der Waals surface area contributed by atoms with Gasteiger partial charge in [0.05, 0.1) is 6.33 Å². The van der Waals surface area contributed by atoms with E-state index in [0.717, 1.165) is 17.7 Å². The lowest BCUT2D eigenvalue weighted by molar-refractivity contribution is 0.0954. The predicted octanol–water partition coefficient (Wildman–Crippen LogP) is 0.841. The van der Waals surface area contributed by atoms with Crippen LogP contribution in [0, 0.1) is 0 Å². The largest absolute Gasteiger partial charge is 0.352 e. The lowest BCUT2D eigenvalue weighted by atomic mass is 10.1.